The molecule has 5 rings (SSSR count). The van der Waals surface area contributed by atoms with Crippen LogP contribution in [0.3, 0.4) is 0 Å². The van der Waals surface area contributed by atoms with Crippen LogP contribution in [0.25, 0.3) is 0 Å². The van der Waals surface area contributed by atoms with Gasteiger partial charge in [0.2, 0.25) is 0 Å². The predicted molar refractivity (Wildman–Crippen MR) is 154 cm³/mol. The van der Waals surface area contributed by atoms with Crippen LogP contribution in [0.15, 0.2) is 42.7 Å². The fourth-order valence-corrected chi connectivity index (χ4v) is 5.56. The normalized spacial score (nSPS) is 16.0. The van der Waals surface area contributed by atoms with Gasteiger partial charge in [0, 0.05) is 48.9 Å². The van der Waals surface area contributed by atoms with Crippen LogP contribution >= 0.6 is 0 Å². The average Bonchev–Trinajstić information content (AvgIpc) is 3.00. The number of carbonyl (C=O) groups excluding carboxylic acids is 1. The van der Waals surface area contributed by atoms with E-state index in [1.54, 1.807) is 24.3 Å². The molecule has 210 valence electrons. The van der Waals surface area contributed by atoms with Crippen molar-refractivity contribution in [3.05, 3.63) is 65.1 Å². The Kier molecular flexibility index (Phi) is 8.42. The first kappa shape index (κ1) is 27.4. The van der Waals surface area contributed by atoms with Crippen molar-refractivity contribution in [3.63, 3.8) is 0 Å². The number of nitrogens with one attached hydrogen (secondary N) is 2. The molecular weight excluding hydrogens is 508 g/mol. The van der Waals surface area contributed by atoms with E-state index >= 15 is 0 Å². The number of piperidine rings is 1. The van der Waals surface area contributed by atoms with Crippen molar-refractivity contribution in [2.75, 3.05) is 48.8 Å². The smallest absolute Gasteiger partial charge is 0.316 e. The molecule has 0 spiro atoms. The van der Waals surface area contributed by atoms with Gasteiger partial charge in [0.1, 0.15) is 35.4 Å². The average molecular weight is 545 g/mol. The van der Waals surface area contributed by atoms with Gasteiger partial charge in [0.05, 0.1) is 7.11 Å². The van der Waals surface area contributed by atoms with Crippen molar-refractivity contribution in [2.45, 2.75) is 44.9 Å². The van der Waals surface area contributed by atoms with Gasteiger partial charge in [-0.15, -0.1) is 0 Å². The Morgan fingerprint density at radius 2 is 1.93 bits per heavy atom. The summed E-state index contributed by atoms with van der Waals surface area (Å²) in [4.78, 5) is 41.2. The van der Waals surface area contributed by atoms with Crippen LogP contribution in [-0.2, 0) is 17.6 Å². The van der Waals surface area contributed by atoms with E-state index in [0.717, 1.165) is 68.2 Å². The summed E-state index contributed by atoms with van der Waals surface area (Å²) in [6.07, 6.45) is 6.35. The van der Waals surface area contributed by atoms with Gasteiger partial charge in [-0.2, -0.15) is 0 Å². The minimum Gasteiger partial charge on any atom is -0.497 e. The molecule has 1 fully saturated rings. The monoisotopic (exact) mass is 544 g/mol. The third kappa shape index (κ3) is 5.85. The van der Waals surface area contributed by atoms with E-state index in [9.17, 15) is 14.7 Å². The lowest BCUT2D eigenvalue weighted by Gasteiger charge is -2.34. The lowest BCUT2D eigenvalue weighted by atomic mass is 9.92. The second-order valence-electron chi connectivity index (χ2n) is 10.3. The number of carboxylic acids is 1. The van der Waals surface area contributed by atoms with E-state index in [1.165, 1.54) is 19.0 Å². The van der Waals surface area contributed by atoms with Gasteiger partial charge >= 0.3 is 5.97 Å². The zero-order valence-corrected chi connectivity index (χ0v) is 23.0. The molecule has 4 heterocycles. The van der Waals surface area contributed by atoms with Crippen LogP contribution in [0, 0.1) is 5.92 Å². The molecule has 0 aliphatic carbocycles. The zero-order valence-electron chi connectivity index (χ0n) is 23.0. The summed E-state index contributed by atoms with van der Waals surface area (Å²) in [5, 5.41) is 16.4. The molecule has 2 aromatic heterocycles. The Balaban J connectivity index is 1.26. The number of carboxylic acid groups (broad SMARTS) is 1. The van der Waals surface area contributed by atoms with Crippen molar-refractivity contribution >= 4 is 29.2 Å². The number of aliphatic carboxylic acids is 1. The Morgan fingerprint density at radius 3 is 2.62 bits per heavy atom. The number of aryl methyl sites for hydroxylation is 1. The number of anilines is 3. The van der Waals surface area contributed by atoms with Gasteiger partial charge in [-0.25, -0.2) is 15.0 Å². The fourth-order valence-electron chi connectivity index (χ4n) is 5.56. The first-order chi connectivity index (χ1) is 19.5. The van der Waals surface area contributed by atoms with Crippen LogP contribution in [0.4, 0.5) is 17.5 Å². The molecule has 3 aromatic rings. The SMILES string of the molecule is CCc1c(NCC(C(=O)O)C(=O)c2ccc(OC)cc2)ncnc1N1CCC(c2ccc3c(n2)NCCC3)CC1. The molecule has 1 atom stereocenters. The fraction of sp³-hybridized carbons (Fsp3) is 0.433. The molecule has 2 aliphatic heterocycles. The highest BCUT2D eigenvalue weighted by Crippen LogP contribution is 2.33. The highest BCUT2D eigenvalue weighted by Gasteiger charge is 2.29. The second-order valence-corrected chi connectivity index (χ2v) is 10.3. The van der Waals surface area contributed by atoms with Gasteiger partial charge in [-0.1, -0.05) is 13.0 Å². The highest BCUT2D eigenvalue weighted by molar-refractivity contribution is 6.08. The van der Waals surface area contributed by atoms with Gasteiger partial charge in [-0.3, -0.25) is 9.59 Å². The van der Waals surface area contributed by atoms with Gasteiger partial charge < -0.3 is 25.4 Å². The van der Waals surface area contributed by atoms with Crippen LogP contribution in [0.2, 0.25) is 0 Å². The summed E-state index contributed by atoms with van der Waals surface area (Å²) < 4.78 is 5.13. The topological polar surface area (TPSA) is 130 Å². The van der Waals surface area contributed by atoms with Gasteiger partial charge in [0.25, 0.3) is 0 Å². The van der Waals surface area contributed by atoms with E-state index in [4.69, 9.17) is 9.72 Å². The van der Waals surface area contributed by atoms with Crippen LogP contribution in [-0.4, -0.2) is 65.1 Å². The summed E-state index contributed by atoms with van der Waals surface area (Å²) in [6, 6.07) is 10.9. The third-order valence-electron chi connectivity index (χ3n) is 7.87. The summed E-state index contributed by atoms with van der Waals surface area (Å²) in [7, 11) is 1.54. The van der Waals surface area contributed by atoms with Crippen molar-refractivity contribution < 1.29 is 19.4 Å². The maximum atomic E-state index is 13.0. The first-order valence-electron chi connectivity index (χ1n) is 14.0. The number of pyridine rings is 1. The number of nitrogens with zero attached hydrogens (tertiary/aromatic N) is 4. The summed E-state index contributed by atoms with van der Waals surface area (Å²) in [5.74, 6) is 0.536. The molecule has 1 aromatic carbocycles. The maximum Gasteiger partial charge on any atom is 0.316 e. The Morgan fingerprint density at radius 1 is 1.15 bits per heavy atom. The molecule has 0 radical (unpaired) electrons. The molecule has 3 N–H and O–H groups in total. The number of benzene rings is 1. The number of hydrogen-bond donors (Lipinski definition) is 3. The van der Waals surface area contributed by atoms with Crippen molar-refractivity contribution in [3.8, 4) is 5.75 Å². The number of carbonyl (C=O) groups is 2. The Hall–Kier alpha value is -4.21. The largest absolute Gasteiger partial charge is 0.497 e. The molecular formula is C30H36N6O4. The zero-order chi connectivity index (χ0) is 28.1. The number of hydrogen-bond acceptors (Lipinski definition) is 9. The molecule has 2 aliphatic rings. The number of Topliss-reactive ketones (excluding diaryl/α,β-unsaturated/α-hetero) is 1. The third-order valence-corrected chi connectivity index (χ3v) is 7.87. The summed E-state index contributed by atoms with van der Waals surface area (Å²) in [5.41, 5.74) is 3.69. The number of fused-ring (bicyclic) bond motifs is 1. The summed E-state index contributed by atoms with van der Waals surface area (Å²) in [6.45, 7) is 4.61. The number of ether oxygens (including phenoxy) is 1. The summed E-state index contributed by atoms with van der Waals surface area (Å²) >= 11 is 0. The Bertz CT molecular complexity index is 1350. The maximum absolute atomic E-state index is 13.0. The quantitative estimate of drug-likeness (QED) is 0.252. The molecule has 10 heteroatoms. The molecule has 0 bridgehead atoms. The molecule has 10 nitrogen and oxygen atoms in total. The van der Waals surface area contributed by atoms with Gasteiger partial charge in [-0.05, 0) is 68.0 Å². The molecule has 40 heavy (non-hydrogen) atoms. The molecule has 0 amide bonds. The minimum atomic E-state index is -1.26. The van der Waals surface area contributed by atoms with E-state index in [-0.39, 0.29) is 6.54 Å². The van der Waals surface area contributed by atoms with E-state index < -0.39 is 17.7 Å². The molecule has 0 saturated carbocycles. The Labute approximate surface area is 234 Å². The number of ketones is 1. The van der Waals surface area contributed by atoms with E-state index in [0.29, 0.717) is 29.5 Å². The highest BCUT2D eigenvalue weighted by atomic mass is 16.5. The second kappa shape index (κ2) is 12.3. The van der Waals surface area contributed by atoms with E-state index in [1.807, 2.05) is 6.92 Å². The number of rotatable bonds is 10. The molecule has 1 saturated heterocycles. The molecule has 1 unspecified atom stereocenters. The lowest BCUT2D eigenvalue weighted by Crippen LogP contribution is -2.35. The van der Waals surface area contributed by atoms with Crippen LogP contribution in [0.5, 0.6) is 5.75 Å². The van der Waals surface area contributed by atoms with E-state index in [2.05, 4.69) is 37.6 Å². The van der Waals surface area contributed by atoms with Gasteiger partial charge in [0.15, 0.2) is 5.78 Å². The van der Waals surface area contributed by atoms with Crippen molar-refractivity contribution in [1.29, 1.82) is 0 Å². The minimum absolute atomic E-state index is 0.0796. The first-order valence-corrected chi connectivity index (χ1v) is 14.0. The van der Waals surface area contributed by atoms with Crippen molar-refractivity contribution in [1.82, 2.24) is 15.0 Å². The van der Waals surface area contributed by atoms with Crippen molar-refractivity contribution in [2.24, 2.45) is 5.92 Å². The number of aromatic nitrogens is 3. The van der Waals surface area contributed by atoms with Crippen LogP contribution < -0.4 is 20.3 Å². The lowest BCUT2D eigenvalue weighted by molar-refractivity contribution is -0.139. The standard InChI is InChI=1S/C30H36N6O4/c1-3-23-28(32-17-24(30(38)39)26(37)20-6-9-22(40-2)10-7-20)33-18-34-29(23)36-15-12-19(13-16-36)25-11-8-21-5-4-14-31-27(21)35-25/h6-11,18-19,24H,3-5,12-17H2,1-2H3,(H,31,35)(H,38,39)(H,32,33,34). The predicted octanol–water partition coefficient (Wildman–Crippen LogP) is 4.18. The number of methoxy groups -OCH3 is 1. The van der Waals surface area contributed by atoms with Crippen LogP contribution in [0.1, 0.15) is 59.3 Å².